The number of hydrogen-bond acceptors (Lipinski definition) is 8. The zero-order chi connectivity index (χ0) is 24.4. The zero-order valence-electron chi connectivity index (χ0n) is 18.1. The van der Waals surface area contributed by atoms with Crippen LogP contribution < -0.4 is 22.5 Å². The van der Waals surface area contributed by atoms with E-state index >= 15 is 0 Å². The van der Waals surface area contributed by atoms with E-state index in [-0.39, 0.29) is 18.5 Å². The second-order valence-corrected chi connectivity index (χ2v) is 7.27. The van der Waals surface area contributed by atoms with Crippen LogP contribution in [0.2, 0.25) is 0 Å². The molecule has 1 rings (SSSR count). The third kappa shape index (κ3) is 22.0. The second kappa shape index (κ2) is 18.7. The Bertz CT molecular complexity index is 496. The molecule has 1 aliphatic heterocycles. The molecule has 0 radical (unpaired) electrons. The minimum absolute atomic E-state index is 0.0208. The molecule has 11 N–H and O–H groups in total. The highest BCUT2D eigenvalue weighted by Gasteiger charge is 2.20. The van der Waals surface area contributed by atoms with Gasteiger partial charge in [0.05, 0.1) is 6.54 Å². The van der Waals surface area contributed by atoms with Gasteiger partial charge in [-0.2, -0.15) is 0 Å². The molecule has 0 aliphatic carbocycles. The van der Waals surface area contributed by atoms with Gasteiger partial charge in [-0.3, -0.25) is 19.2 Å². The topological polar surface area (TPSA) is 239 Å². The molecule has 12 nitrogen and oxygen atoms in total. The minimum atomic E-state index is -0.968. The van der Waals surface area contributed by atoms with Crippen LogP contribution in [0.3, 0.4) is 0 Å². The summed E-state index contributed by atoms with van der Waals surface area (Å²) < 4.78 is 0. The van der Waals surface area contributed by atoms with E-state index in [1.54, 1.807) is 13.8 Å². The summed E-state index contributed by atoms with van der Waals surface area (Å²) in [6, 6.07) is -1.67. The van der Waals surface area contributed by atoms with Gasteiger partial charge < -0.3 is 42.9 Å². The molecule has 0 aromatic rings. The first-order chi connectivity index (χ1) is 13.7. The molecule has 1 fully saturated rings. The number of carboxylic acid groups (broad SMARTS) is 4. The SMILES string of the molecule is CC(C)C[C@H](N)C(=O)O.CC(C)[C@H](N)C(=O)O.NCC(=O)O.O=C(O)[C@@H]1CCCN1. The number of rotatable bonds is 7. The van der Waals surface area contributed by atoms with E-state index in [4.69, 9.17) is 31.9 Å². The fourth-order valence-electron chi connectivity index (χ4n) is 1.79. The molecular formula is C18H38N4O8. The summed E-state index contributed by atoms with van der Waals surface area (Å²) >= 11 is 0. The molecule has 0 bridgehead atoms. The largest absolute Gasteiger partial charge is 0.480 e. The summed E-state index contributed by atoms with van der Waals surface area (Å²) in [4.78, 5) is 39.5. The van der Waals surface area contributed by atoms with Crippen molar-refractivity contribution in [1.29, 1.82) is 0 Å². The van der Waals surface area contributed by atoms with Crippen molar-refractivity contribution in [3.63, 3.8) is 0 Å². The average Bonchev–Trinajstić information content (AvgIpc) is 3.16. The Labute approximate surface area is 176 Å². The van der Waals surface area contributed by atoms with Crippen molar-refractivity contribution >= 4 is 23.9 Å². The van der Waals surface area contributed by atoms with Crippen LogP contribution >= 0.6 is 0 Å². The van der Waals surface area contributed by atoms with Crippen molar-refractivity contribution in [2.75, 3.05) is 13.1 Å². The number of carboxylic acids is 4. The Hall–Kier alpha value is -2.28. The maximum atomic E-state index is 10.1. The summed E-state index contributed by atoms with van der Waals surface area (Å²) in [6.07, 6.45) is 2.33. The lowest BCUT2D eigenvalue weighted by Gasteiger charge is -2.07. The average molecular weight is 439 g/mol. The van der Waals surface area contributed by atoms with Crippen molar-refractivity contribution < 1.29 is 39.6 Å². The summed E-state index contributed by atoms with van der Waals surface area (Å²) in [6.45, 7) is 8.03. The van der Waals surface area contributed by atoms with E-state index in [1.165, 1.54) is 0 Å². The van der Waals surface area contributed by atoms with Crippen LogP contribution in [-0.2, 0) is 19.2 Å². The van der Waals surface area contributed by atoms with Crippen LogP contribution in [0.25, 0.3) is 0 Å². The molecule has 0 saturated carbocycles. The lowest BCUT2D eigenvalue weighted by atomic mass is 10.1. The molecular weight excluding hydrogens is 400 g/mol. The van der Waals surface area contributed by atoms with Crippen LogP contribution in [0.5, 0.6) is 0 Å². The normalized spacial score (nSPS) is 16.6. The van der Waals surface area contributed by atoms with Gasteiger partial charge in [-0.1, -0.05) is 27.7 Å². The van der Waals surface area contributed by atoms with Crippen LogP contribution in [-0.4, -0.2) is 75.5 Å². The van der Waals surface area contributed by atoms with Gasteiger partial charge in [0.15, 0.2) is 0 Å². The van der Waals surface area contributed by atoms with E-state index in [0.717, 1.165) is 19.4 Å². The lowest BCUT2D eigenvalue weighted by Crippen LogP contribution is -2.34. The summed E-state index contributed by atoms with van der Waals surface area (Å²) in [7, 11) is 0. The Morgan fingerprint density at radius 2 is 1.43 bits per heavy atom. The van der Waals surface area contributed by atoms with E-state index in [0.29, 0.717) is 12.3 Å². The fraction of sp³-hybridized carbons (Fsp3) is 0.778. The third-order valence-corrected chi connectivity index (χ3v) is 3.58. The van der Waals surface area contributed by atoms with Crippen molar-refractivity contribution in [2.45, 2.75) is 65.1 Å². The van der Waals surface area contributed by atoms with Crippen LogP contribution in [0.4, 0.5) is 0 Å². The van der Waals surface area contributed by atoms with E-state index < -0.39 is 36.0 Å². The Kier molecular flexibility index (Phi) is 20.2. The molecule has 1 saturated heterocycles. The molecule has 30 heavy (non-hydrogen) atoms. The summed E-state index contributed by atoms with van der Waals surface area (Å²) in [5.74, 6) is -3.15. The van der Waals surface area contributed by atoms with Crippen LogP contribution in [0.1, 0.15) is 47.0 Å². The van der Waals surface area contributed by atoms with Gasteiger partial charge in [0.25, 0.3) is 0 Å². The highest BCUT2D eigenvalue weighted by atomic mass is 16.4. The van der Waals surface area contributed by atoms with E-state index in [1.807, 2.05) is 13.8 Å². The Balaban J connectivity index is -0.000000330. The van der Waals surface area contributed by atoms with Crippen molar-refractivity contribution in [2.24, 2.45) is 29.0 Å². The number of carbonyl (C=O) groups is 4. The molecule has 12 heteroatoms. The molecule has 0 unspecified atom stereocenters. The first-order valence-corrected chi connectivity index (χ1v) is 9.52. The standard InChI is InChI=1S/C6H13NO2.C5H9NO2.C5H11NO2.C2H5NO2/c1-4(2)3-5(7)6(8)9;7-5(8)4-2-1-3-6-4;1-3(2)4(6)5(7)8;3-1-2(4)5/h4-5H,3,7H2,1-2H3,(H,8,9);4,6H,1-3H2,(H,7,8);3-4H,6H2,1-2H3,(H,7,8);1,3H2,(H,4,5)/t5-;2*4-;/m000./s1. The quantitative estimate of drug-likeness (QED) is 0.247. The van der Waals surface area contributed by atoms with E-state index in [2.05, 4.69) is 11.1 Å². The number of aliphatic carboxylic acids is 4. The van der Waals surface area contributed by atoms with Gasteiger partial charge in [-0.15, -0.1) is 0 Å². The summed E-state index contributed by atoms with van der Waals surface area (Å²) in [5.41, 5.74) is 14.9. The molecule has 1 heterocycles. The monoisotopic (exact) mass is 438 g/mol. The Morgan fingerprint density at radius 3 is 1.53 bits per heavy atom. The molecule has 0 spiro atoms. The van der Waals surface area contributed by atoms with Crippen molar-refractivity contribution in [3.05, 3.63) is 0 Å². The molecule has 3 atom stereocenters. The van der Waals surface area contributed by atoms with Gasteiger partial charge in [0.2, 0.25) is 0 Å². The van der Waals surface area contributed by atoms with Crippen LogP contribution in [0, 0.1) is 11.8 Å². The highest BCUT2D eigenvalue weighted by Crippen LogP contribution is 2.03. The second-order valence-electron chi connectivity index (χ2n) is 7.27. The highest BCUT2D eigenvalue weighted by molar-refractivity contribution is 5.74. The van der Waals surface area contributed by atoms with Gasteiger partial charge >= 0.3 is 23.9 Å². The van der Waals surface area contributed by atoms with Gasteiger partial charge in [-0.05, 0) is 37.6 Å². The van der Waals surface area contributed by atoms with Gasteiger partial charge in [0, 0.05) is 0 Å². The fourth-order valence-corrected chi connectivity index (χ4v) is 1.79. The van der Waals surface area contributed by atoms with Crippen LogP contribution in [0.15, 0.2) is 0 Å². The summed E-state index contributed by atoms with van der Waals surface area (Å²) in [5, 5.41) is 35.3. The lowest BCUT2D eigenvalue weighted by molar-refractivity contribution is -0.140. The molecule has 1 aliphatic rings. The Morgan fingerprint density at radius 1 is 0.967 bits per heavy atom. The predicted octanol–water partition coefficient (Wildman–Crippen LogP) is -0.649. The molecule has 0 aromatic carbocycles. The molecule has 0 amide bonds. The number of nitrogens with two attached hydrogens (primary N) is 3. The predicted molar refractivity (Wildman–Crippen MR) is 111 cm³/mol. The first kappa shape index (κ1) is 32.4. The van der Waals surface area contributed by atoms with Gasteiger partial charge in [0.1, 0.15) is 18.1 Å². The number of hydrogen-bond donors (Lipinski definition) is 8. The molecule has 0 aromatic heterocycles. The maximum Gasteiger partial charge on any atom is 0.320 e. The molecule has 178 valence electrons. The zero-order valence-corrected chi connectivity index (χ0v) is 18.1. The minimum Gasteiger partial charge on any atom is -0.480 e. The smallest absolute Gasteiger partial charge is 0.320 e. The first-order valence-electron chi connectivity index (χ1n) is 9.52. The maximum absolute atomic E-state index is 10.1. The third-order valence-electron chi connectivity index (χ3n) is 3.58. The van der Waals surface area contributed by atoms with Crippen molar-refractivity contribution in [1.82, 2.24) is 5.32 Å². The number of nitrogens with one attached hydrogen (secondary N) is 1. The van der Waals surface area contributed by atoms with Gasteiger partial charge in [-0.25, -0.2) is 0 Å². The van der Waals surface area contributed by atoms with E-state index in [9.17, 15) is 19.2 Å². The van der Waals surface area contributed by atoms with Crippen molar-refractivity contribution in [3.8, 4) is 0 Å².